The highest BCUT2D eigenvalue weighted by molar-refractivity contribution is 7.99. The second-order valence-electron chi connectivity index (χ2n) is 8.89. The van der Waals surface area contributed by atoms with Crippen LogP contribution in [0.25, 0.3) is 0 Å². The van der Waals surface area contributed by atoms with Crippen molar-refractivity contribution < 1.29 is 14.3 Å². The molecule has 3 atom stereocenters. The highest BCUT2D eigenvalue weighted by atomic mass is 32.2. The van der Waals surface area contributed by atoms with E-state index in [0.29, 0.717) is 12.6 Å². The van der Waals surface area contributed by atoms with Crippen molar-refractivity contribution in [1.29, 1.82) is 0 Å². The number of benzene rings is 2. The Morgan fingerprint density at radius 1 is 1.06 bits per heavy atom. The fourth-order valence-corrected chi connectivity index (χ4v) is 5.57. The number of rotatable bonds is 8. The van der Waals surface area contributed by atoms with Gasteiger partial charge in [0.25, 0.3) is 5.91 Å². The molecule has 6 heteroatoms. The molecular formula is C26H34N2O3S. The number of amides is 1. The summed E-state index contributed by atoms with van der Waals surface area (Å²) in [5, 5.41) is 3.09. The van der Waals surface area contributed by atoms with Crippen LogP contribution in [0.4, 0.5) is 0 Å². The lowest BCUT2D eigenvalue weighted by Gasteiger charge is -2.35. The Morgan fingerprint density at radius 2 is 1.78 bits per heavy atom. The Hall–Kier alpha value is -1.86. The molecule has 3 unspecified atom stereocenters. The number of carbonyl (C=O) groups is 1. The maximum atomic E-state index is 12.9. The molecule has 2 heterocycles. The Morgan fingerprint density at radius 3 is 2.50 bits per heavy atom. The van der Waals surface area contributed by atoms with E-state index in [9.17, 15) is 4.79 Å². The van der Waals surface area contributed by atoms with Gasteiger partial charge in [0, 0.05) is 43.4 Å². The van der Waals surface area contributed by atoms with Crippen molar-refractivity contribution in [2.75, 3.05) is 25.4 Å². The number of nitrogens with zero attached hydrogens (tertiary/aromatic N) is 1. The SMILES string of the molecule is CC1CN(Cc2ccc(CNC(=O)c3ccccc3SCC3CCCO3)cc2)CC(C)O1. The van der Waals surface area contributed by atoms with Crippen molar-refractivity contribution >= 4 is 17.7 Å². The third kappa shape index (κ3) is 6.58. The van der Waals surface area contributed by atoms with E-state index in [-0.39, 0.29) is 18.1 Å². The van der Waals surface area contributed by atoms with Crippen molar-refractivity contribution in [3.63, 3.8) is 0 Å². The van der Waals surface area contributed by atoms with Gasteiger partial charge in [0.1, 0.15) is 0 Å². The first-order valence-corrected chi connectivity index (χ1v) is 12.6. The van der Waals surface area contributed by atoms with E-state index in [2.05, 4.69) is 48.3 Å². The van der Waals surface area contributed by atoms with Crippen molar-refractivity contribution in [2.24, 2.45) is 0 Å². The second-order valence-corrected chi connectivity index (χ2v) is 9.95. The summed E-state index contributed by atoms with van der Waals surface area (Å²) in [6.45, 7) is 8.51. The maximum Gasteiger partial charge on any atom is 0.252 e. The molecule has 2 aromatic rings. The zero-order valence-corrected chi connectivity index (χ0v) is 19.9. The van der Waals surface area contributed by atoms with Gasteiger partial charge in [0.05, 0.1) is 23.9 Å². The number of hydrogen-bond acceptors (Lipinski definition) is 5. The number of thioether (sulfide) groups is 1. The Bertz CT molecular complexity index is 873. The molecule has 1 N–H and O–H groups in total. The molecule has 2 aliphatic heterocycles. The molecule has 5 nitrogen and oxygen atoms in total. The third-order valence-corrected chi connectivity index (χ3v) is 7.16. The lowest BCUT2D eigenvalue weighted by atomic mass is 10.1. The monoisotopic (exact) mass is 454 g/mol. The summed E-state index contributed by atoms with van der Waals surface area (Å²) < 4.78 is 11.5. The molecule has 0 saturated carbocycles. The van der Waals surface area contributed by atoms with Crippen LogP contribution in [-0.2, 0) is 22.6 Å². The lowest BCUT2D eigenvalue weighted by Crippen LogP contribution is -2.44. The summed E-state index contributed by atoms with van der Waals surface area (Å²) in [6.07, 6.45) is 3.11. The fourth-order valence-electron chi connectivity index (χ4n) is 4.45. The van der Waals surface area contributed by atoms with E-state index >= 15 is 0 Å². The summed E-state index contributed by atoms with van der Waals surface area (Å²) in [5.74, 6) is 0.868. The zero-order chi connectivity index (χ0) is 22.3. The average Bonchev–Trinajstić information content (AvgIpc) is 3.30. The van der Waals surface area contributed by atoms with Crippen LogP contribution >= 0.6 is 11.8 Å². The van der Waals surface area contributed by atoms with Crippen LogP contribution in [0.1, 0.15) is 48.2 Å². The van der Waals surface area contributed by atoms with Crippen LogP contribution in [0, 0.1) is 0 Å². The van der Waals surface area contributed by atoms with Gasteiger partial charge in [-0.2, -0.15) is 0 Å². The summed E-state index contributed by atoms with van der Waals surface area (Å²) in [5.41, 5.74) is 3.13. The van der Waals surface area contributed by atoms with Gasteiger partial charge in [-0.25, -0.2) is 0 Å². The highest BCUT2D eigenvalue weighted by Crippen LogP contribution is 2.27. The lowest BCUT2D eigenvalue weighted by molar-refractivity contribution is -0.0704. The number of carbonyl (C=O) groups excluding carboxylic acids is 1. The molecule has 2 aliphatic rings. The molecule has 0 bridgehead atoms. The quantitative estimate of drug-likeness (QED) is 0.596. The summed E-state index contributed by atoms with van der Waals surface area (Å²) in [7, 11) is 0. The Kier molecular flexibility index (Phi) is 8.25. The number of ether oxygens (including phenoxy) is 2. The van der Waals surface area contributed by atoms with Gasteiger partial charge in [-0.15, -0.1) is 11.8 Å². The molecular weight excluding hydrogens is 420 g/mol. The van der Waals surface area contributed by atoms with Crippen molar-refractivity contribution in [2.45, 2.75) is 63.0 Å². The van der Waals surface area contributed by atoms with E-state index in [4.69, 9.17) is 9.47 Å². The van der Waals surface area contributed by atoms with Crippen LogP contribution in [0.2, 0.25) is 0 Å². The standard InChI is InChI=1S/C26H34N2O3S/c1-19-15-28(16-20(2)31-19)17-22-11-9-21(10-12-22)14-27-26(29)24-7-3-4-8-25(24)32-18-23-6-5-13-30-23/h3-4,7-12,19-20,23H,5-6,13-18H2,1-2H3,(H,27,29). The Labute approximate surface area is 195 Å². The Balaban J connectivity index is 1.28. The molecule has 2 saturated heterocycles. The number of nitrogens with one attached hydrogen (secondary N) is 1. The summed E-state index contributed by atoms with van der Waals surface area (Å²) in [6, 6.07) is 16.4. The van der Waals surface area contributed by atoms with E-state index in [0.717, 1.165) is 60.9 Å². The number of hydrogen-bond donors (Lipinski definition) is 1. The molecule has 0 aliphatic carbocycles. The number of morpholine rings is 1. The van der Waals surface area contributed by atoms with Crippen molar-refractivity contribution in [3.8, 4) is 0 Å². The van der Waals surface area contributed by atoms with E-state index < -0.39 is 0 Å². The predicted octanol–water partition coefficient (Wildman–Crippen LogP) is 4.50. The molecule has 0 aromatic heterocycles. The minimum Gasteiger partial charge on any atom is -0.377 e. The molecule has 2 aromatic carbocycles. The van der Waals surface area contributed by atoms with E-state index in [1.165, 1.54) is 5.56 Å². The third-order valence-electron chi connectivity index (χ3n) is 5.96. The maximum absolute atomic E-state index is 12.9. The van der Waals surface area contributed by atoms with Gasteiger partial charge in [0.15, 0.2) is 0 Å². The topological polar surface area (TPSA) is 50.8 Å². The van der Waals surface area contributed by atoms with Gasteiger partial charge in [-0.1, -0.05) is 36.4 Å². The van der Waals surface area contributed by atoms with Crippen LogP contribution in [0.5, 0.6) is 0 Å². The van der Waals surface area contributed by atoms with Gasteiger partial charge in [-0.3, -0.25) is 9.69 Å². The normalized spacial score (nSPS) is 23.9. The molecule has 4 rings (SSSR count). The van der Waals surface area contributed by atoms with Crippen molar-refractivity contribution in [3.05, 3.63) is 65.2 Å². The molecule has 32 heavy (non-hydrogen) atoms. The molecule has 2 fully saturated rings. The van der Waals surface area contributed by atoms with Gasteiger partial charge in [0.2, 0.25) is 0 Å². The van der Waals surface area contributed by atoms with Gasteiger partial charge >= 0.3 is 0 Å². The average molecular weight is 455 g/mol. The van der Waals surface area contributed by atoms with E-state index in [1.807, 2.05) is 24.3 Å². The first-order chi connectivity index (χ1) is 15.6. The second kappa shape index (κ2) is 11.3. The van der Waals surface area contributed by atoms with Crippen molar-refractivity contribution in [1.82, 2.24) is 10.2 Å². The van der Waals surface area contributed by atoms with E-state index in [1.54, 1.807) is 11.8 Å². The predicted molar refractivity (Wildman–Crippen MR) is 129 cm³/mol. The minimum atomic E-state index is -0.0270. The largest absolute Gasteiger partial charge is 0.377 e. The van der Waals surface area contributed by atoms with Crippen LogP contribution < -0.4 is 5.32 Å². The minimum absolute atomic E-state index is 0.0270. The summed E-state index contributed by atoms with van der Waals surface area (Å²) in [4.78, 5) is 16.3. The zero-order valence-electron chi connectivity index (χ0n) is 19.1. The smallest absolute Gasteiger partial charge is 0.252 e. The van der Waals surface area contributed by atoms with Gasteiger partial charge in [-0.05, 0) is 49.9 Å². The molecule has 1 amide bonds. The molecule has 172 valence electrons. The van der Waals surface area contributed by atoms with Crippen LogP contribution in [0.3, 0.4) is 0 Å². The van der Waals surface area contributed by atoms with Gasteiger partial charge < -0.3 is 14.8 Å². The first-order valence-electron chi connectivity index (χ1n) is 11.6. The molecule has 0 spiro atoms. The summed E-state index contributed by atoms with van der Waals surface area (Å²) >= 11 is 1.71. The van der Waals surface area contributed by atoms with Crippen LogP contribution in [0.15, 0.2) is 53.4 Å². The fraction of sp³-hybridized carbons (Fsp3) is 0.500. The molecule has 0 radical (unpaired) electrons. The first kappa shape index (κ1) is 23.3. The van der Waals surface area contributed by atoms with Crippen LogP contribution in [-0.4, -0.2) is 54.6 Å². The highest BCUT2D eigenvalue weighted by Gasteiger charge is 2.22.